The predicted octanol–water partition coefficient (Wildman–Crippen LogP) is 15.3. The number of ketones is 1. The van der Waals surface area contributed by atoms with E-state index in [0.717, 1.165) is 77.9 Å². The molecule has 0 bridgehead atoms. The minimum atomic E-state index is -0.908. The molecule has 0 N–H and O–H groups in total. The second kappa shape index (κ2) is 19.1. The summed E-state index contributed by atoms with van der Waals surface area (Å²) in [5, 5.41) is 0. The van der Waals surface area contributed by atoms with Crippen LogP contribution in [0.3, 0.4) is 0 Å². The SMILES string of the molecule is O=C1c2ccccc2C(c2cccc(-c3cccc(-c4nc(-c5ccccc5)nc(-c5ccccc5)n4)c3)c2)(c2cccc(-c3cccc(-c4nc(-c5ccccc5)nc(-c5ccccc5)n4)c3)c2)c2ccccc21. The number of rotatable bonds is 10. The molecule has 0 amide bonds. The fourth-order valence-electron chi connectivity index (χ4n) is 10.5. The normalized spacial score (nSPS) is 12.4. The molecular weight excluding hydrogens is 917 g/mol. The fourth-order valence-corrected chi connectivity index (χ4v) is 10.5. The van der Waals surface area contributed by atoms with Gasteiger partial charge in [-0.15, -0.1) is 0 Å². The van der Waals surface area contributed by atoms with Crippen molar-refractivity contribution >= 4 is 5.78 Å². The highest BCUT2D eigenvalue weighted by molar-refractivity contribution is 6.14. The summed E-state index contributed by atoms with van der Waals surface area (Å²) in [6, 6.07) is 90.6. The highest BCUT2D eigenvalue weighted by atomic mass is 16.1. The van der Waals surface area contributed by atoms with Gasteiger partial charge in [0.1, 0.15) is 0 Å². The van der Waals surface area contributed by atoms with Gasteiger partial charge in [0.25, 0.3) is 0 Å². The predicted molar refractivity (Wildman–Crippen MR) is 298 cm³/mol. The zero-order chi connectivity index (χ0) is 50.1. The van der Waals surface area contributed by atoms with Crippen LogP contribution in [0.15, 0.2) is 267 Å². The average Bonchev–Trinajstić information content (AvgIpc) is 3.51. The lowest BCUT2D eigenvalue weighted by molar-refractivity contribution is 0.103. The number of fused-ring (bicyclic) bond motifs is 2. The molecule has 352 valence electrons. The molecule has 2 heterocycles. The summed E-state index contributed by atoms with van der Waals surface area (Å²) in [6.07, 6.45) is 0. The standard InChI is InChI=1S/C68H44N6O/c75-61-57-37-13-15-39-59(57)68(60-40-16-14-38-58(60)61,55-35-19-31-51(43-55)49-29-17-33-53(41-49)66-71-62(45-21-5-1-6-22-45)69-63(72-66)46-23-7-2-8-24-46)56-36-20-32-52(44-56)50-30-18-34-54(42-50)67-73-64(47-25-9-3-10-26-47)70-65(74-67)48-27-11-4-12-28-48/h1-44H. The van der Waals surface area contributed by atoms with Gasteiger partial charge in [-0.05, 0) is 68.8 Å². The van der Waals surface area contributed by atoms with Crippen LogP contribution in [-0.2, 0) is 5.41 Å². The summed E-state index contributed by atoms with van der Waals surface area (Å²) in [4.78, 5) is 44.7. The van der Waals surface area contributed by atoms with Crippen molar-refractivity contribution < 1.29 is 4.79 Å². The van der Waals surface area contributed by atoms with Crippen molar-refractivity contribution in [2.75, 3.05) is 0 Å². The van der Waals surface area contributed by atoms with Crippen molar-refractivity contribution in [3.63, 3.8) is 0 Å². The summed E-state index contributed by atoms with van der Waals surface area (Å²) in [6.45, 7) is 0. The molecule has 0 atom stereocenters. The molecule has 1 aliphatic carbocycles. The number of carbonyl (C=O) groups is 1. The Kier molecular flexibility index (Phi) is 11.4. The summed E-state index contributed by atoms with van der Waals surface area (Å²) in [5.41, 5.74) is 13.7. The van der Waals surface area contributed by atoms with Gasteiger partial charge in [0.15, 0.2) is 40.7 Å². The van der Waals surface area contributed by atoms with E-state index < -0.39 is 5.41 Å². The van der Waals surface area contributed by atoms with Gasteiger partial charge in [-0.1, -0.05) is 243 Å². The van der Waals surface area contributed by atoms with Crippen molar-refractivity contribution in [1.29, 1.82) is 0 Å². The Hall–Kier alpha value is -10.1. The van der Waals surface area contributed by atoms with Crippen molar-refractivity contribution in [2.24, 2.45) is 0 Å². The topological polar surface area (TPSA) is 94.4 Å². The maximum absolute atomic E-state index is 14.6. The van der Waals surface area contributed by atoms with Crippen LogP contribution < -0.4 is 0 Å². The first-order chi connectivity index (χ1) is 37.1. The molecule has 0 saturated heterocycles. The molecule has 0 unspecified atom stereocenters. The van der Waals surface area contributed by atoms with Gasteiger partial charge in [0.05, 0.1) is 5.41 Å². The molecule has 0 fully saturated rings. The van der Waals surface area contributed by atoms with Gasteiger partial charge in [-0.2, -0.15) is 0 Å². The van der Waals surface area contributed by atoms with Crippen LogP contribution in [0.2, 0.25) is 0 Å². The molecule has 75 heavy (non-hydrogen) atoms. The van der Waals surface area contributed by atoms with Gasteiger partial charge in [-0.25, -0.2) is 29.9 Å². The summed E-state index contributed by atoms with van der Waals surface area (Å²) in [5.74, 6) is 3.58. The van der Waals surface area contributed by atoms with Crippen LogP contribution in [-0.4, -0.2) is 35.7 Å². The number of aromatic nitrogens is 6. The van der Waals surface area contributed by atoms with Crippen LogP contribution >= 0.6 is 0 Å². The molecule has 7 nitrogen and oxygen atoms in total. The number of hydrogen-bond donors (Lipinski definition) is 0. The van der Waals surface area contributed by atoms with Crippen LogP contribution in [0, 0.1) is 0 Å². The molecular formula is C68H44N6O. The van der Waals surface area contributed by atoms with Crippen LogP contribution in [0.4, 0.5) is 0 Å². The molecule has 0 aliphatic heterocycles. The lowest BCUT2D eigenvalue weighted by Gasteiger charge is -2.42. The molecule has 2 aromatic heterocycles. The van der Waals surface area contributed by atoms with E-state index >= 15 is 0 Å². The van der Waals surface area contributed by atoms with E-state index in [0.29, 0.717) is 46.1 Å². The van der Waals surface area contributed by atoms with Crippen molar-refractivity contribution in [3.8, 4) is 90.6 Å². The smallest absolute Gasteiger partial charge is 0.193 e. The molecule has 0 spiro atoms. The Labute approximate surface area is 434 Å². The van der Waals surface area contributed by atoms with Gasteiger partial charge in [0.2, 0.25) is 0 Å². The Bertz CT molecular complexity index is 3710. The molecule has 0 radical (unpaired) electrons. The lowest BCUT2D eigenvalue weighted by atomic mass is 9.59. The quantitative estimate of drug-likeness (QED) is 0.135. The second-order valence-electron chi connectivity index (χ2n) is 18.6. The Morgan fingerprint density at radius 3 is 0.827 bits per heavy atom. The maximum Gasteiger partial charge on any atom is 0.193 e. The third-order valence-corrected chi connectivity index (χ3v) is 14.0. The van der Waals surface area contributed by atoms with Crippen LogP contribution in [0.25, 0.3) is 90.6 Å². The van der Waals surface area contributed by atoms with Gasteiger partial charge < -0.3 is 0 Å². The van der Waals surface area contributed by atoms with E-state index in [9.17, 15) is 4.79 Å². The number of hydrogen-bond acceptors (Lipinski definition) is 7. The minimum Gasteiger partial charge on any atom is -0.289 e. The van der Waals surface area contributed by atoms with E-state index in [1.54, 1.807) is 0 Å². The van der Waals surface area contributed by atoms with E-state index in [-0.39, 0.29) is 5.78 Å². The first-order valence-electron chi connectivity index (χ1n) is 25.0. The number of carbonyl (C=O) groups excluding carboxylic acids is 1. The third kappa shape index (κ3) is 8.28. The maximum atomic E-state index is 14.6. The molecule has 7 heteroatoms. The number of nitrogens with zero attached hydrogens (tertiary/aromatic N) is 6. The van der Waals surface area contributed by atoms with Crippen LogP contribution in [0.5, 0.6) is 0 Å². The van der Waals surface area contributed by atoms with Crippen molar-refractivity contribution in [3.05, 3.63) is 300 Å². The van der Waals surface area contributed by atoms with Crippen molar-refractivity contribution in [2.45, 2.75) is 5.41 Å². The zero-order valence-corrected chi connectivity index (χ0v) is 40.5. The summed E-state index contributed by atoms with van der Waals surface area (Å²) >= 11 is 0. The Morgan fingerprint density at radius 1 is 0.227 bits per heavy atom. The summed E-state index contributed by atoms with van der Waals surface area (Å²) < 4.78 is 0. The highest BCUT2D eigenvalue weighted by Crippen LogP contribution is 2.52. The van der Waals surface area contributed by atoms with Gasteiger partial charge in [-0.3, -0.25) is 4.79 Å². The minimum absolute atomic E-state index is 0.00808. The highest BCUT2D eigenvalue weighted by Gasteiger charge is 2.46. The first-order valence-corrected chi connectivity index (χ1v) is 25.0. The van der Waals surface area contributed by atoms with Crippen LogP contribution in [0.1, 0.15) is 38.2 Å². The van der Waals surface area contributed by atoms with E-state index in [1.165, 1.54) is 0 Å². The molecule has 0 saturated carbocycles. The second-order valence-corrected chi connectivity index (χ2v) is 18.6. The van der Waals surface area contributed by atoms with Crippen molar-refractivity contribution in [1.82, 2.24) is 29.9 Å². The molecule has 10 aromatic carbocycles. The first kappa shape index (κ1) is 44.8. The molecule has 12 aromatic rings. The molecule has 13 rings (SSSR count). The number of benzene rings is 10. The lowest BCUT2D eigenvalue weighted by Crippen LogP contribution is -2.38. The monoisotopic (exact) mass is 960 g/mol. The Balaban J connectivity index is 0.955. The zero-order valence-electron chi connectivity index (χ0n) is 40.5. The van der Waals surface area contributed by atoms with Gasteiger partial charge >= 0.3 is 0 Å². The summed E-state index contributed by atoms with van der Waals surface area (Å²) in [7, 11) is 0. The molecule has 1 aliphatic rings. The fraction of sp³-hybridized carbons (Fsp3) is 0.0147. The average molecular weight is 961 g/mol. The van der Waals surface area contributed by atoms with Gasteiger partial charge in [0, 0.05) is 44.5 Å². The van der Waals surface area contributed by atoms with E-state index in [4.69, 9.17) is 29.9 Å². The Morgan fingerprint density at radius 2 is 0.480 bits per heavy atom. The van der Waals surface area contributed by atoms with E-state index in [1.807, 2.05) is 158 Å². The third-order valence-electron chi connectivity index (χ3n) is 14.0. The van der Waals surface area contributed by atoms with E-state index in [2.05, 4.69) is 109 Å². The largest absolute Gasteiger partial charge is 0.289 e.